The number of hydrogen-bond acceptors (Lipinski definition) is 1. The van der Waals surface area contributed by atoms with Gasteiger partial charge in [0.2, 0.25) is 0 Å². The maximum atomic E-state index is 13.2. The Balaban J connectivity index is 2.35. The van der Waals surface area contributed by atoms with Gasteiger partial charge in [-0.2, -0.15) is 0 Å². The number of nitrogens with one attached hydrogen (secondary N) is 1. The Kier molecular flexibility index (Phi) is 4.96. The van der Waals surface area contributed by atoms with Crippen LogP contribution in [0.3, 0.4) is 0 Å². The van der Waals surface area contributed by atoms with E-state index in [-0.39, 0.29) is 17.0 Å². The van der Waals surface area contributed by atoms with Crippen LogP contribution in [0.5, 0.6) is 0 Å². The molecule has 21 heavy (non-hydrogen) atoms. The van der Waals surface area contributed by atoms with Crippen molar-refractivity contribution in [1.82, 2.24) is 4.57 Å². The van der Waals surface area contributed by atoms with Gasteiger partial charge < -0.3 is 9.88 Å². The van der Waals surface area contributed by atoms with Crippen LogP contribution in [-0.2, 0) is 0 Å². The molecule has 0 saturated carbocycles. The minimum Gasteiger partial charge on any atom is -0.339 e. The van der Waals surface area contributed by atoms with Gasteiger partial charge in [0, 0.05) is 16.7 Å². The lowest BCUT2D eigenvalue weighted by Gasteiger charge is -2.14. The van der Waals surface area contributed by atoms with Crippen LogP contribution in [0.2, 0.25) is 10.0 Å². The summed E-state index contributed by atoms with van der Waals surface area (Å²) in [5.74, 6) is -0.858. The average molecular weight is 394 g/mol. The summed E-state index contributed by atoms with van der Waals surface area (Å²) < 4.78 is 15.3. The van der Waals surface area contributed by atoms with Crippen molar-refractivity contribution in [3.63, 3.8) is 0 Å². The monoisotopic (exact) mass is 392 g/mol. The molecule has 0 atom stereocenters. The van der Waals surface area contributed by atoms with Gasteiger partial charge in [-0.1, -0.05) is 23.2 Å². The third-order valence-electron chi connectivity index (χ3n) is 2.85. The van der Waals surface area contributed by atoms with E-state index in [1.165, 1.54) is 6.07 Å². The molecule has 2 aromatic rings. The predicted octanol–water partition coefficient (Wildman–Crippen LogP) is 5.53. The summed E-state index contributed by atoms with van der Waals surface area (Å²) in [6.45, 7) is 3.88. The minimum absolute atomic E-state index is 0.0744. The first-order valence-electron chi connectivity index (χ1n) is 6.13. The fraction of sp³-hybridized carbons (Fsp3) is 0.214. The van der Waals surface area contributed by atoms with Gasteiger partial charge in [0.1, 0.15) is 11.5 Å². The number of carbonyl (C=O) groups is 1. The van der Waals surface area contributed by atoms with Crippen LogP contribution in [0.25, 0.3) is 0 Å². The standard InChI is InChI=1S/C14H12BrCl2FN2O/c1-7(2)20-6-8(16)3-12(20)14(21)19-13-10(15)4-9(18)5-11(13)17/h3-7H,1-2H3,(H,19,21). The number of amides is 1. The van der Waals surface area contributed by atoms with Gasteiger partial charge in [-0.05, 0) is 48.0 Å². The molecule has 0 fully saturated rings. The zero-order valence-electron chi connectivity index (χ0n) is 11.3. The molecule has 7 heteroatoms. The Hall–Kier alpha value is -1.04. The highest BCUT2D eigenvalue weighted by atomic mass is 79.9. The number of halogens is 4. The van der Waals surface area contributed by atoms with Crippen LogP contribution in [0.15, 0.2) is 28.9 Å². The second-order valence-electron chi connectivity index (χ2n) is 4.74. The molecule has 0 aliphatic carbocycles. The fourth-order valence-corrected chi connectivity index (χ4v) is 3.00. The Labute approximate surface area is 140 Å². The van der Waals surface area contributed by atoms with Crippen molar-refractivity contribution < 1.29 is 9.18 Å². The molecule has 0 unspecified atom stereocenters. The maximum absolute atomic E-state index is 13.2. The molecule has 2 rings (SSSR count). The van der Waals surface area contributed by atoms with E-state index in [9.17, 15) is 9.18 Å². The lowest BCUT2D eigenvalue weighted by molar-refractivity contribution is 0.101. The van der Waals surface area contributed by atoms with E-state index in [2.05, 4.69) is 21.2 Å². The van der Waals surface area contributed by atoms with E-state index in [0.29, 0.717) is 20.9 Å². The van der Waals surface area contributed by atoms with Crippen LogP contribution in [0.4, 0.5) is 10.1 Å². The molecule has 1 N–H and O–H groups in total. The van der Waals surface area contributed by atoms with Crippen molar-refractivity contribution in [3.8, 4) is 0 Å². The molecule has 0 radical (unpaired) electrons. The Morgan fingerprint density at radius 3 is 2.57 bits per heavy atom. The summed E-state index contributed by atoms with van der Waals surface area (Å²) in [7, 11) is 0. The maximum Gasteiger partial charge on any atom is 0.272 e. The lowest BCUT2D eigenvalue weighted by atomic mass is 10.3. The number of aromatic nitrogens is 1. The summed E-state index contributed by atoms with van der Waals surface area (Å²) in [5.41, 5.74) is 0.720. The van der Waals surface area contributed by atoms with Crippen LogP contribution in [0, 0.1) is 5.82 Å². The van der Waals surface area contributed by atoms with Gasteiger partial charge in [0.05, 0.1) is 15.7 Å². The third kappa shape index (κ3) is 3.59. The van der Waals surface area contributed by atoms with Gasteiger partial charge in [0.25, 0.3) is 5.91 Å². The zero-order chi connectivity index (χ0) is 15.7. The first-order valence-corrected chi connectivity index (χ1v) is 7.67. The molecule has 1 heterocycles. The van der Waals surface area contributed by atoms with Gasteiger partial charge in [-0.3, -0.25) is 4.79 Å². The molecule has 0 bridgehead atoms. The van der Waals surface area contributed by atoms with E-state index >= 15 is 0 Å². The average Bonchev–Trinajstić information content (AvgIpc) is 2.76. The first-order chi connectivity index (χ1) is 9.79. The van der Waals surface area contributed by atoms with E-state index in [0.717, 1.165) is 6.07 Å². The minimum atomic E-state index is -0.488. The summed E-state index contributed by atoms with van der Waals surface area (Å²) in [6.07, 6.45) is 1.68. The number of carbonyl (C=O) groups excluding carboxylic acids is 1. The molecule has 1 aromatic carbocycles. The molecule has 3 nitrogen and oxygen atoms in total. The van der Waals surface area contributed by atoms with Crippen molar-refractivity contribution in [2.75, 3.05) is 5.32 Å². The molecule has 112 valence electrons. The third-order valence-corrected chi connectivity index (χ3v) is 3.98. The molecule has 0 aliphatic heterocycles. The quantitative estimate of drug-likeness (QED) is 0.730. The SMILES string of the molecule is CC(C)n1cc(Cl)cc1C(=O)Nc1c(Cl)cc(F)cc1Br. The van der Waals surface area contributed by atoms with Crippen molar-refractivity contribution in [2.45, 2.75) is 19.9 Å². The van der Waals surface area contributed by atoms with Crippen LogP contribution < -0.4 is 5.32 Å². The van der Waals surface area contributed by atoms with Crippen molar-refractivity contribution in [3.05, 3.63) is 50.4 Å². The van der Waals surface area contributed by atoms with Crippen molar-refractivity contribution in [1.29, 1.82) is 0 Å². The molecule has 0 saturated heterocycles. The van der Waals surface area contributed by atoms with E-state index < -0.39 is 5.82 Å². The number of anilines is 1. The fourth-order valence-electron chi connectivity index (χ4n) is 1.89. The summed E-state index contributed by atoms with van der Waals surface area (Å²) in [5, 5.41) is 3.25. The van der Waals surface area contributed by atoms with E-state index in [1.807, 2.05) is 13.8 Å². The van der Waals surface area contributed by atoms with E-state index in [1.54, 1.807) is 16.8 Å². The molecule has 0 spiro atoms. The van der Waals surface area contributed by atoms with Gasteiger partial charge in [0.15, 0.2) is 0 Å². The number of rotatable bonds is 3. The zero-order valence-corrected chi connectivity index (χ0v) is 14.4. The largest absolute Gasteiger partial charge is 0.339 e. The summed E-state index contributed by atoms with van der Waals surface area (Å²) in [6, 6.07) is 4.01. The highest BCUT2D eigenvalue weighted by molar-refractivity contribution is 9.10. The molecule has 1 aromatic heterocycles. The highest BCUT2D eigenvalue weighted by Gasteiger charge is 2.18. The molecule has 1 amide bonds. The highest BCUT2D eigenvalue weighted by Crippen LogP contribution is 2.32. The van der Waals surface area contributed by atoms with Gasteiger partial charge >= 0.3 is 0 Å². The Morgan fingerprint density at radius 1 is 1.33 bits per heavy atom. The van der Waals surface area contributed by atoms with Gasteiger partial charge in [-0.15, -0.1) is 0 Å². The molecular weight excluding hydrogens is 382 g/mol. The lowest BCUT2D eigenvalue weighted by Crippen LogP contribution is -2.18. The molecular formula is C14H12BrCl2FN2O. The van der Waals surface area contributed by atoms with Gasteiger partial charge in [-0.25, -0.2) is 4.39 Å². The van der Waals surface area contributed by atoms with E-state index in [4.69, 9.17) is 23.2 Å². The van der Waals surface area contributed by atoms with Crippen LogP contribution >= 0.6 is 39.1 Å². The normalized spacial score (nSPS) is 11.0. The second-order valence-corrected chi connectivity index (χ2v) is 6.44. The molecule has 0 aliphatic rings. The Morgan fingerprint density at radius 2 is 2.00 bits per heavy atom. The first kappa shape index (κ1) is 16.3. The van der Waals surface area contributed by atoms with Crippen LogP contribution in [0.1, 0.15) is 30.4 Å². The number of benzene rings is 1. The number of nitrogens with zero attached hydrogens (tertiary/aromatic N) is 1. The smallest absolute Gasteiger partial charge is 0.272 e. The number of hydrogen-bond donors (Lipinski definition) is 1. The Bertz CT molecular complexity index is 677. The second kappa shape index (κ2) is 6.38. The summed E-state index contributed by atoms with van der Waals surface area (Å²) >= 11 is 15.1. The predicted molar refractivity (Wildman–Crippen MR) is 86.9 cm³/mol. The van der Waals surface area contributed by atoms with Crippen molar-refractivity contribution in [2.24, 2.45) is 0 Å². The topological polar surface area (TPSA) is 34.0 Å². The van der Waals surface area contributed by atoms with Crippen LogP contribution in [-0.4, -0.2) is 10.5 Å². The summed E-state index contributed by atoms with van der Waals surface area (Å²) in [4.78, 5) is 12.4. The van der Waals surface area contributed by atoms with Crippen molar-refractivity contribution >= 4 is 50.7 Å².